The highest BCUT2D eigenvalue weighted by atomic mass is 79.9. The molecule has 0 saturated carbocycles. The molecule has 1 aromatic heterocycles. The molecule has 0 fully saturated rings. The number of nitrogens with zero attached hydrogens (tertiary/aromatic N) is 2. The van der Waals surface area contributed by atoms with Crippen LogP contribution in [0.3, 0.4) is 0 Å². The zero-order chi connectivity index (χ0) is 20.8. The third-order valence-electron chi connectivity index (χ3n) is 4.17. The Labute approximate surface area is 181 Å². The lowest BCUT2D eigenvalue weighted by Crippen LogP contribution is -2.46. The van der Waals surface area contributed by atoms with Gasteiger partial charge >= 0.3 is 0 Å². The van der Waals surface area contributed by atoms with Gasteiger partial charge in [0.05, 0.1) is 0 Å². The van der Waals surface area contributed by atoms with Crippen molar-refractivity contribution in [1.82, 2.24) is 15.5 Å². The van der Waals surface area contributed by atoms with Crippen molar-refractivity contribution in [2.75, 3.05) is 5.32 Å². The lowest BCUT2D eigenvalue weighted by Gasteiger charge is -2.19. The second kappa shape index (κ2) is 9.76. The van der Waals surface area contributed by atoms with Crippen LogP contribution < -0.4 is 10.6 Å². The molecule has 1 heterocycles. The quantitative estimate of drug-likeness (QED) is 0.536. The van der Waals surface area contributed by atoms with Crippen LogP contribution in [0.1, 0.15) is 19.4 Å². The van der Waals surface area contributed by atoms with E-state index >= 15 is 0 Å². The van der Waals surface area contributed by atoms with Gasteiger partial charge in [-0.1, -0.05) is 83.6 Å². The second-order valence-electron chi connectivity index (χ2n) is 6.82. The lowest BCUT2D eigenvalue weighted by molar-refractivity contribution is -0.128. The number of aromatic nitrogens is 2. The van der Waals surface area contributed by atoms with Crippen LogP contribution in [0.25, 0.3) is 10.6 Å². The summed E-state index contributed by atoms with van der Waals surface area (Å²) in [6.07, 6.45) is 0.391. The Morgan fingerprint density at radius 3 is 2.48 bits per heavy atom. The van der Waals surface area contributed by atoms with Crippen LogP contribution in [0.4, 0.5) is 5.13 Å². The van der Waals surface area contributed by atoms with E-state index in [-0.39, 0.29) is 17.7 Å². The van der Waals surface area contributed by atoms with Crippen LogP contribution in [-0.2, 0) is 16.0 Å². The Morgan fingerprint density at radius 2 is 1.79 bits per heavy atom. The number of halogens is 1. The van der Waals surface area contributed by atoms with Gasteiger partial charge in [0.1, 0.15) is 11.0 Å². The van der Waals surface area contributed by atoms with Crippen molar-refractivity contribution in [3.05, 3.63) is 64.6 Å². The highest BCUT2D eigenvalue weighted by Crippen LogP contribution is 2.28. The number of hydrogen-bond donors (Lipinski definition) is 2. The first kappa shape index (κ1) is 21.1. The number of anilines is 1. The van der Waals surface area contributed by atoms with Gasteiger partial charge < -0.3 is 5.32 Å². The number of benzene rings is 2. The first-order valence-corrected chi connectivity index (χ1v) is 10.8. The predicted molar refractivity (Wildman–Crippen MR) is 119 cm³/mol. The van der Waals surface area contributed by atoms with E-state index in [0.717, 1.165) is 15.6 Å². The molecular weight excluding hydrogens is 452 g/mol. The van der Waals surface area contributed by atoms with E-state index in [9.17, 15) is 9.59 Å². The van der Waals surface area contributed by atoms with E-state index in [1.165, 1.54) is 11.3 Å². The highest BCUT2D eigenvalue weighted by molar-refractivity contribution is 9.10. The minimum atomic E-state index is -0.703. The van der Waals surface area contributed by atoms with Crippen LogP contribution in [0.2, 0.25) is 0 Å². The first-order chi connectivity index (χ1) is 13.9. The van der Waals surface area contributed by atoms with E-state index in [1.54, 1.807) is 13.8 Å². The Hall–Kier alpha value is -2.58. The van der Waals surface area contributed by atoms with E-state index in [0.29, 0.717) is 16.6 Å². The van der Waals surface area contributed by atoms with Crippen molar-refractivity contribution in [2.24, 2.45) is 5.92 Å². The van der Waals surface area contributed by atoms with Gasteiger partial charge in [0.25, 0.3) is 0 Å². The number of carbonyl (C=O) groups is 2. The molecule has 0 spiro atoms. The Morgan fingerprint density at radius 1 is 1.03 bits per heavy atom. The molecule has 1 atom stereocenters. The van der Waals surface area contributed by atoms with Crippen molar-refractivity contribution in [2.45, 2.75) is 26.3 Å². The summed E-state index contributed by atoms with van der Waals surface area (Å²) in [5.74, 6) is -0.710. The molecule has 0 saturated heterocycles. The van der Waals surface area contributed by atoms with Crippen molar-refractivity contribution in [3.63, 3.8) is 0 Å². The molecule has 0 bridgehead atoms. The SMILES string of the molecule is CC(C)C(=O)NC(Cc1ccccc1)C(=O)Nc1nnc(-c2cccc(Br)c2)s1. The Balaban J connectivity index is 1.74. The van der Waals surface area contributed by atoms with Crippen molar-refractivity contribution < 1.29 is 9.59 Å². The largest absolute Gasteiger partial charge is 0.344 e. The molecular formula is C21H21BrN4O2S. The fourth-order valence-corrected chi connectivity index (χ4v) is 3.74. The van der Waals surface area contributed by atoms with Crippen molar-refractivity contribution in [1.29, 1.82) is 0 Å². The summed E-state index contributed by atoms with van der Waals surface area (Å²) in [5, 5.41) is 14.9. The molecule has 29 heavy (non-hydrogen) atoms. The maximum Gasteiger partial charge on any atom is 0.249 e. The van der Waals surface area contributed by atoms with E-state index in [2.05, 4.69) is 36.8 Å². The third kappa shape index (κ3) is 5.95. The van der Waals surface area contributed by atoms with Gasteiger partial charge in [0.15, 0.2) is 0 Å². The number of rotatable bonds is 7. The monoisotopic (exact) mass is 472 g/mol. The predicted octanol–water partition coefficient (Wildman–Crippen LogP) is 4.29. The van der Waals surface area contributed by atoms with Gasteiger partial charge in [-0.05, 0) is 17.7 Å². The summed E-state index contributed by atoms with van der Waals surface area (Å²) < 4.78 is 0.940. The minimum absolute atomic E-state index is 0.173. The molecule has 3 aromatic rings. The van der Waals surface area contributed by atoms with E-state index in [4.69, 9.17) is 0 Å². The van der Waals surface area contributed by atoms with Crippen LogP contribution in [0.15, 0.2) is 59.1 Å². The molecule has 3 rings (SSSR count). The number of amides is 2. The topological polar surface area (TPSA) is 84.0 Å². The lowest BCUT2D eigenvalue weighted by atomic mass is 10.0. The van der Waals surface area contributed by atoms with Gasteiger partial charge in [0, 0.05) is 22.4 Å². The number of carbonyl (C=O) groups excluding carboxylic acids is 2. The van der Waals surface area contributed by atoms with Crippen molar-refractivity contribution >= 4 is 44.2 Å². The maximum atomic E-state index is 12.9. The second-order valence-corrected chi connectivity index (χ2v) is 8.71. The van der Waals surface area contributed by atoms with Crippen LogP contribution in [0.5, 0.6) is 0 Å². The average Bonchev–Trinajstić information content (AvgIpc) is 3.16. The normalized spacial score (nSPS) is 11.9. The molecule has 0 aliphatic carbocycles. The summed E-state index contributed by atoms with van der Waals surface area (Å²) in [4.78, 5) is 25.1. The van der Waals surface area contributed by atoms with Gasteiger partial charge in [-0.15, -0.1) is 10.2 Å². The molecule has 2 N–H and O–H groups in total. The molecule has 8 heteroatoms. The summed E-state index contributed by atoms with van der Waals surface area (Å²) >= 11 is 4.72. The summed E-state index contributed by atoms with van der Waals surface area (Å²) in [6.45, 7) is 3.59. The zero-order valence-electron chi connectivity index (χ0n) is 16.1. The molecule has 0 aliphatic rings. The third-order valence-corrected chi connectivity index (χ3v) is 5.55. The minimum Gasteiger partial charge on any atom is -0.344 e. The van der Waals surface area contributed by atoms with E-state index < -0.39 is 6.04 Å². The fraction of sp³-hybridized carbons (Fsp3) is 0.238. The fourth-order valence-electron chi connectivity index (χ4n) is 2.60. The van der Waals surface area contributed by atoms with Crippen LogP contribution in [-0.4, -0.2) is 28.1 Å². The van der Waals surface area contributed by atoms with E-state index in [1.807, 2.05) is 54.6 Å². The van der Waals surface area contributed by atoms with Gasteiger partial charge in [-0.3, -0.25) is 14.9 Å². The van der Waals surface area contributed by atoms with Crippen LogP contribution >= 0.6 is 27.3 Å². The first-order valence-electron chi connectivity index (χ1n) is 9.17. The van der Waals surface area contributed by atoms with Gasteiger partial charge in [-0.25, -0.2) is 0 Å². The molecule has 2 aromatic carbocycles. The molecule has 6 nitrogen and oxygen atoms in total. The molecule has 1 unspecified atom stereocenters. The number of hydrogen-bond acceptors (Lipinski definition) is 5. The van der Waals surface area contributed by atoms with Crippen LogP contribution in [0, 0.1) is 5.92 Å². The Kier molecular flexibility index (Phi) is 7.11. The number of nitrogens with one attached hydrogen (secondary N) is 2. The average molecular weight is 473 g/mol. The maximum absolute atomic E-state index is 12.9. The summed E-state index contributed by atoms with van der Waals surface area (Å²) in [5.41, 5.74) is 1.87. The standard InChI is InChI=1S/C21H21BrN4O2S/c1-13(2)18(27)23-17(11-14-7-4-3-5-8-14)19(28)24-21-26-25-20(29-21)15-9-6-10-16(22)12-15/h3-10,12-13,17H,11H2,1-2H3,(H,23,27)(H,24,26,28). The Bertz CT molecular complexity index is 991. The summed E-state index contributed by atoms with van der Waals surface area (Å²) in [7, 11) is 0. The van der Waals surface area contributed by atoms with Gasteiger partial charge in [0.2, 0.25) is 16.9 Å². The smallest absolute Gasteiger partial charge is 0.249 e. The highest BCUT2D eigenvalue weighted by Gasteiger charge is 2.23. The zero-order valence-corrected chi connectivity index (χ0v) is 18.5. The van der Waals surface area contributed by atoms with Crippen molar-refractivity contribution in [3.8, 4) is 10.6 Å². The molecule has 0 aliphatic heterocycles. The van der Waals surface area contributed by atoms with Gasteiger partial charge in [-0.2, -0.15) is 0 Å². The molecule has 0 radical (unpaired) electrons. The molecule has 150 valence electrons. The molecule has 2 amide bonds. The summed E-state index contributed by atoms with van der Waals surface area (Å²) in [6, 6.07) is 16.6.